The number of carbonyl (C=O) groups is 1. The number of primary amides is 1. The Bertz CT molecular complexity index is 842. The van der Waals surface area contributed by atoms with Gasteiger partial charge in [-0.15, -0.1) is 6.58 Å². The number of anilines is 1. The fourth-order valence-electron chi connectivity index (χ4n) is 5.07. The lowest BCUT2D eigenvalue weighted by Crippen LogP contribution is -2.37. The van der Waals surface area contributed by atoms with Gasteiger partial charge in [0, 0.05) is 35.4 Å². The number of H-pyrrole nitrogens is 1. The first-order valence-corrected chi connectivity index (χ1v) is 10.7. The third kappa shape index (κ3) is 3.81. The minimum Gasteiger partial charge on any atom is -0.361 e. The fourth-order valence-corrected chi connectivity index (χ4v) is 5.07. The normalized spacial score (nSPS) is 22.3. The van der Waals surface area contributed by atoms with Crippen molar-refractivity contribution in [3.8, 4) is 0 Å². The van der Waals surface area contributed by atoms with Crippen LogP contribution in [0, 0.1) is 0 Å². The number of carbonyl (C=O) groups excluding carboxylic acids is 1. The quantitative estimate of drug-likeness (QED) is 0.538. The van der Waals surface area contributed by atoms with Crippen LogP contribution in [0.2, 0.25) is 0 Å². The minimum atomic E-state index is -0.380. The number of fused-ring (bicyclic) bond motifs is 2. The predicted octanol–water partition coefficient (Wildman–Crippen LogP) is 4.75. The van der Waals surface area contributed by atoms with Crippen LogP contribution in [0.3, 0.4) is 0 Å². The molecule has 2 aromatic rings. The molecule has 3 N–H and O–H groups in total. The molecule has 4 rings (SSSR count). The van der Waals surface area contributed by atoms with Crippen LogP contribution in [0.4, 0.5) is 10.5 Å². The van der Waals surface area contributed by atoms with E-state index in [4.69, 9.17) is 5.73 Å². The lowest BCUT2D eigenvalue weighted by Gasteiger charge is -2.34. The van der Waals surface area contributed by atoms with Gasteiger partial charge in [0.25, 0.3) is 0 Å². The second-order valence-corrected chi connectivity index (χ2v) is 8.30. The van der Waals surface area contributed by atoms with E-state index in [0.29, 0.717) is 12.5 Å². The zero-order valence-corrected chi connectivity index (χ0v) is 16.7. The number of rotatable bonds is 7. The van der Waals surface area contributed by atoms with Crippen molar-refractivity contribution < 1.29 is 4.79 Å². The van der Waals surface area contributed by atoms with E-state index in [1.54, 1.807) is 4.90 Å². The van der Waals surface area contributed by atoms with Crippen molar-refractivity contribution in [3.63, 3.8) is 0 Å². The molecule has 2 aliphatic rings. The highest BCUT2D eigenvalue weighted by molar-refractivity contribution is 5.95. The second-order valence-electron chi connectivity index (χ2n) is 8.30. The number of unbranched alkanes of at least 4 members (excludes halogenated alkanes) is 2. The molecule has 1 aromatic heterocycles. The molecule has 150 valence electrons. The summed E-state index contributed by atoms with van der Waals surface area (Å²) in [5.41, 5.74) is 9.14. The Morgan fingerprint density at radius 2 is 2.21 bits per heavy atom. The number of nitrogens with zero attached hydrogens (tertiary/aromatic N) is 2. The van der Waals surface area contributed by atoms with Gasteiger partial charge < -0.3 is 15.6 Å². The summed E-state index contributed by atoms with van der Waals surface area (Å²) in [6.07, 6.45) is 12.2. The van der Waals surface area contributed by atoms with Crippen LogP contribution in [0.15, 0.2) is 37.1 Å². The molecule has 5 heteroatoms. The molecule has 2 aliphatic heterocycles. The molecule has 0 aliphatic carbocycles. The van der Waals surface area contributed by atoms with Gasteiger partial charge in [0.1, 0.15) is 0 Å². The van der Waals surface area contributed by atoms with Crippen molar-refractivity contribution in [1.29, 1.82) is 0 Å². The smallest absolute Gasteiger partial charge is 0.319 e. The van der Waals surface area contributed by atoms with Gasteiger partial charge in [0.05, 0.1) is 0 Å². The van der Waals surface area contributed by atoms with Gasteiger partial charge >= 0.3 is 6.03 Å². The van der Waals surface area contributed by atoms with E-state index < -0.39 is 0 Å². The Kier molecular flexibility index (Phi) is 5.72. The Morgan fingerprint density at radius 1 is 1.32 bits per heavy atom. The van der Waals surface area contributed by atoms with Crippen molar-refractivity contribution in [1.82, 2.24) is 9.88 Å². The minimum absolute atomic E-state index is 0.380. The summed E-state index contributed by atoms with van der Waals surface area (Å²) >= 11 is 0. The Morgan fingerprint density at radius 3 is 3.04 bits per heavy atom. The first kappa shape index (κ1) is 19.1. The summed E-state index contributed by atoms with van der Waals surface area (Å²) in [4.78, 5) is 19.9. The molecular weight excluding hydrogens is 348 g/mol. The maximum absolute atomic E-state index is 12.1. The highest BCUT2D eigenvalue weighted by atomic mass is 16.2. The van der Waals surface area contributed by atoms with E-state index >= 15 is 0 Å². The third-order valence-corrected chi connectivity index (χ3v) is 6.58. The zero-order chi connectivity index (χ0) is 19.5. The Hall–Kier alpha value is -2.27. The van der Waals surface area contributed by atoms with Crippen molar-refractivity contribution >= 4 is 22.6 Å². The first-order valence-electron chi connectivity index (χ1n) is 10.7. The Labute approximate surface area is 167 Å². The van der Waals surface area contributed by atoms with Crippen LogP contribution in [-0.2, 0) is 0 Å². The lowest BCUT2D eigenvalue weighted by atomic mass is 9.85. The average molecular weight is 381 g/mol. The first-order chi connectivity index (χ1) is 13.7. The van der Waals surface area contributed by atoms with Crippen LogP contribution in [0.25, 0.3) is 10.9 Å². The van der Waals surface area contributed by atoms with Crippen LogP contribution in [0.1, 0.15) is 56.4 Å². The van der Waals surface area contributed by atoms with E-state index in [0.717, 1.165) is 36.5 Å². The molecule has 0 bridgehead atoms. The maximum atomic E-state index is 12.1. The monoisotopic (exact) mass is 380 g/mol. The number of nitrogens with one attached hydrogen (secondary N) is 1. The zero-order valence-electron chi connectivity index (χ0n) is 16.7. The number of amides is 2. The highest BCUT2D eigenvalue weighted by Gasteiger charge is 2.33. The summed E-state index contributed by atoms with van der Waals surface area (Å²) in [6.45, 7) is 6.89. The second kappa shape index (κ2) is 8.39. The van der Waals surface area contributed by atoms with E-state index in [-0.39, 0.29) is 6.03 Å². The fraction of sp³-hybridized carbons (Fsp3) is 0.522. The molecule has 1 aromatic carbocycles. The van der Waals surface area contributed by atoms with E-state index in [2.05, 4.69) is 34.8 Å². The van der Waals surface area contributed by atoms with E-state index in [9.17, 15) is 4.79 Å². The predicted molar refractivity (Wildman–Crippen MR) is 116 cm³/mol. The molecular formula is C23H32N4O. The molecule has 2 unspecified atom stereocenters. The topological polar surface area (TPSA) is 65.4 Å². The molecule has 3 heterocycles. The number of benzene rings is 1. The highest BCUT2D eigenvalue weighted by Crippen LogP contribution is 2.39. The van der Waals surface area contributed by atoms with Crippen LogP contribution >= 0.6 is 0 Å². The van der Waals surface area contributed by atoms with E-state index in [1.807, 2.05) is 12.1 Å². The number of piperidine rings is 1. The van der Waals surface area contributed by atoms with Gasteiger partial charge in [0.15, 0.2) is 0 Å². The molecule has 0 radical (unpaired) electrons. The van der Waals surface area contributed by atoms with Crippen molar-refractivity contribution in [2.75, 3.05) is 24.5 Å². The summed E-state index contributed by atoms with van der Waals surface area (Å²) in [5.74, 6) is 0.595. The van der Waals surface area contributed by atoms with Crippen molar-refractivity contribution in [2.24, 2.45) is 5.73 Å². The van der Waals surface area contributed by atoms with Gasteiger partial charge in [0.2, 0.25) is 0 Å². The lowest BCUT2D eigenvalue weighted by molar-refractivity contribution is 0.181. The van der Waals surface area contributed by atoms with E-state index in [1.165, 1.54) is 49.7 Å². The summed E-state index contributed by atoms with van der Waals surface area (Å²) in [5, 5.41) is 1.24. The molecule has 2 atom stereocenters. The number of aromatic nitrogens is 1. The summed E-state index contributed by atoms with van der Waals surface area (Å²) < 4.78 is 0. The molecule has 0 spiro atoms. The standard InChI is InChI=1S/C23H32N4O/c1-2-3-4-5-12-27(23(24)28)19-8-9-22-20(15-19)21(16-25-22)17-10-13-26-11-6-7-18(26)14-17/h2,8-9,15-18,25H,1,3-7,10-14H2,(H2,24,28). The largest absolute Gasteiger partial charge is 0.361 e. The number of urea groups is 1. The SMILES string of the molecule is C=CCCCCN(C(N)=O)c1ccc2[nH]cc(C3CCN4CCCC4C3)c2c1. The molecule has 2 saturated heterocycles. The van der Waals surface area contributed by atoms with Gasteiger partial charge in [-0.1, -0.05) is 6.08 Å². The molecule has 28 heavy (non-hydrogen) atoms. The van der Waals surface area contributed by atoms with Crippen LogP contribution in [0.5, 0.6) is 0 Å². The van der Waals surface area contributed by atoms with Crippen LogP contribution in [-0.4, -0.2) is 41.6 Å². The summed E-state index contributed by atoms with van der Waals surface area (Å²) in [6, 6.07) is 6.60. The van der Waals surface area contributed by atoms with Gasteiger partial charge in [-0.25, -0.2) is 4.79 Å². The number of hydrogen-bond donors (Lipinski definition) is 2. The van der Waals surface area contributed by atoms with Gasteiger partial charge in [-0.2, -0.15) is 0 Å². The van der Waals surface area contributed by atoms with Crippen molar-refractivity contribution in [2.45, 2.75) is 56.9 Å². The molecule has 0 saturated carbocycles. The molecule has 5 nitrogen and oxygen atoms in total. The maximum Gasteiger partial charge on any atom is 0.319 e. The number of allylic oxidation sites excluding steroid dienone is 1. The average Bonchev–Trinajstić information content (AvgIpc) is 3.33. The molecule has 2 amide bonds. The van der Waals surface area contributed by atoms with Gasteiger partial charge in [-0.3, -0.25) is 4.90 Å². The van der Waals surface area contributed by atoms with Gasteiger partial charge in [-0.05, 0) is 87.7 Å². The third-order valence-electron chi connectivity index (χ3n) is 6.58. The van der Waals surface area contributed by atoms with Crippen LogP contribution < -0.4 is 10.6 Å². The Balaban J connectivity index is 1.56. The number of aromatic amines is 1. The van der Waals surface area contributed by atoms with Crippen molar-refractivity contribution in [3.05, 3.63) is 42.6 Å². The number of nitrogens with two attached hydrogens (primary N) is 1. The molecule has 2 fully saturated rings. The summed E-state index contributed by atoms with van der Waals surface area (Å²) in [7, 11) is 0. The number of hydrogen-bond acceptors (Lipinski definition) is 2.